The highest BCUT2D eigenvalue weighted by atomic mass is 32.1. The number of aromatic hydroxyl groups is 1. The molecule has 0 unspecified atom stereocenters. The van der Waals surface area contributed by atoms with Gasteiger partial charge in [0.1, 0.15) is 18.1 Å². The van der Waals surface area contributed by atoms with Gasteiger partial charge in [0.2, 0.25) is 5.88 Å². The zero-order valence-corrected chi connectivity index (χ0v) is 22.0. The molecule has 0 atom stereocenters. The average molecular weight is 535 g/mol. The van der Waals surface area contributed by atoms with Gasteiger partial charge in [0.05, 0.1) is 24.2 Å². The summed E-state index contributed by atoms with van der Waals surface area (Å²) in [7, 11) is 1.62. The highest BCUT2D eigenvalue weighted by Crippen LogP contribution is 2.38. The first-order valence-corrected chi connectivity index (χ1v) is 13.6. The highest BCUT2D eigenvalue weighted by Gasteiger charge is 2.40. The second-order valence-electron chi connectivity index (χ2n) is 9.87. The number of pyridine rings is 1. The van der Waals surface area contributed by atoms with Gasteiger partial charge in [-0.25, -0.2) is 4.98 Å². The standard InChI is InChI=1S/C27H30N6O4S/c1-36-10-11-37-19-3-2-18-14-33(25(35)20(18)12-19)26-31-22(15-38-26)24(34)30-21-13-28-7-4-23(21)32-8-5-27(6-9-32)16-29-17-27/h2-4,7,12-15,29,35H,5-6,8-11,16-17H2,1H3,(H,30,34). The molecular weight excluding hydrogens is 504 g/mol. The number of methoxy groups -OCH3 is 1. The van der Waals surface area contributed by atoms with E-state index in [0.717, 1.165) is 50.1 Å². The summed E-state index contributed by atoms with van der Waals surface area (Å²) in [6.07, 6.45) is 7.52. The number of hydrogen-bond acceptors (Lipinski definition) is 9. The Labute approximate surface area is 224 Å². The summed E-state index contributed by atoms with van der Waals surface area (Å²) in [4.78, 5) is 24.2. The Kier molecular flexibility index (Phi) is 6.64. The summed E-state index contributed by atoms with van der Waals surface area (Å²) in [6.45, 7) is 5.00. The highest BCUT2D eigenvalue weighted by molar-refractivity contribution is 7.12. The Morgan fingerprint density at radius 2 is 2.08 bits per heavy atom. The van der Waals surface area contributed by atoms with Crippen molar-refractivity contribution in [2.45, 2.75) is 12.8 Å². The second-order valence-corrected chi connectivity index (χ2v) is 10.7. The van der Waals surface area contributed by atoms with Crippen molar-refractivity contribution in [3.8, 4) is 16.8 Å². The van der Waals surface area contributed by atoms with Crippen LogP contribution in [0, 0.1) is 5.41 Å². The molecule has 38 heavy (non-hydrogen) atoms. The minimum atomic E-state index is -0.316. The average Bonchev–Trinajstić information content (AvgIpc) is 3.53. The van der Waals surface area contributed by atoms with Crippen molar-refractivity contribution in [2.24, 2.45) is 5.41 Å². The predicted molar refractivity (Wildman–Crippen MR) is 147 cm³/mol. The Morgan fingerprint density at radius 1 is 1.24 bits per heavy atom. The van der Waals surface area contributed by atoms with Gasteiger partial charge in [0.15, 0.2) is 5.13 Å². The SMILES string of the molecule is COCCOc1ccc2cn(-c3nc(C(=O)Nc4cnccc4N4CCC5(CC4)CNC5)cs3)c(O)c2c1. The number of nitrogens with one attached hydrogen (secondary N) is 2. The minimum Gasteiger partial charge on any atom is -0.494 e. The van der Waals surface area contributed by atoms with Crippen LogP contribution in [0.25, 0.3) is 15.9 Å². The number of hydrogen-bond donors (Lipinski definition) is 3. The van der Waals surface area contributed by atoms with Crippen molar-refractivity contribution in [3.63, 3.8) is 0 Å². The molecule has 4 aromatic rings. The largest absolute Gasteiger partial charge is 0.494 e. The van der Waals surface area contributed by atoms with Gasteiger partial charge in [-0.3, -0.25) is 14.3 Å². The maximum absolute atomic E-state index is 13.2. The smallest absolute Gasteiger partial charge is 0.275 e. The number of piperidine rings is 1. The van der Waals surface area contributed by atoms with E-state index in [2.05, 4.69) is 25.5 Å². The zero-order chi connectivity index (χ0) is 26.1. The van der Waals surface area contributed by atoms with Crippen molar-refractivity contribution >= 4 is 39.4 Å². The molecule has 3 N–H and O–H groups in total. The van der Waals surface area contributed by atoms with Crippen LogP contribution in [0.15, 0.2) is 48.2 Å². The molecule has 10 nitrogen and oxygen atoms in total. The number of carbonyl (C=O) groups excluding carboxylic acids is 1. The molecule has 1 amide bonds. The molecule has 0 bridgehead atoms. The number of anilines is 2. The fourth-order valence-electron chi connectivity index (χ4n) is 5.13. The number of benzene rings is 1. The van der Waals surface area contributed by atoms with E-state index in [0.29, 0.717) is 40.6 Å². The van der Waals surface area contributed by atoms with Crippen LogP contribution >= 0.6 is 11.3 Å². The van der Waals surface area contributed by atoms with Crippen LogP contribution in [0.5, 0.6) is 11.6 Å². The van der Waals surface area contributed by atoms with Gasteiger partial charge in [-0.15, -0.1) is 11.3 Å². The monoisotopic (exact) mass is 534 g/mol. The van der Waals surface area contributed by atoms with E-state index in [4.69, 9.17) is 9.47 Å². The molecule has 0 aliphatic carbocycles. The summed E-state index contributed by atoms with van der Waals surface area (Å²) in [6, 6.07) is 7.46. The lowest BCUT2D eigenvalue weighted by Crippen LogP contribution is -2.58. The number of rotatable bonds is 8. The maximum Gasteiger partial charge on any atom is 0.275 e. The molecule has 2 aliphatic rings. The van der Waals surface area contributed by atoms with Crippen molar-refractivity contribution < 1.29 is 19.4 Å². The molecule has 1 aromatic carbocycles. The summed E-state index contributed by atoms with van der Waals surface area (Å²) in [5.41, 5.74) is 2.37. The summed E-state index contributed by atoms with van der Waals surface area (Å²) in [5, 5.41) is 21.0. The molecule has 6 rings (SSSR count). The van der Waals surface area contributed by atoms with E-state index in [1.54, 1.807) is 41.7 Å². The number of thiazole rings is 1. The Hall–Kier alpha value is -3.67. The van der Waals surface area contributed by atoms with E-state index < -0.39 is 0 Å². The normalized spacial score (nSPS) is 16.5. The molecule has 0 saturated carbocycles. The van der Waals surface area contributed by atoms with Gasteiger partial charge in [-0.1, -0.05) is 0 Å². The number of nitrogens with zero attached hydrogens (tertiary/aromatic N) is 4. The summed E-state index contributed by atoms with van der Waals surface area (Å²) < 4.78 is 12.3. The number of fused-ring (bicyclic) bond motifs is 1. The van der Waals surface area contributed by atoms with E-state index in [-0.39, 0.29) is 17.5 Å². The van der Waals surface area contributed by atoms with Crippen LogP contribution in [-0.4, -0.2) is 72.1 Å². The molecule has 1 spiro atoms. The Morgan fingerprint density at radius 3 is 2.84 bits per heavy atom. The van der Waals surface area contributed by atoms with Crippen LogP contribution in [0.2, 0.25) is 0 Å². The molecule has 198 valence electrons. The molecule has 2 fully saturated rings. The molecule has 0 radical (unpaired) electrons. The van der Waals surface area contributed by atoms with Crippen LogP contribution in [0.3, 0.4) is 0 Å². The topological polar surface area (TPSA) is 114 Å². The van der Waals surface area contributed by atoms with Crippen molar-refractivity contribution in [3.05, 3.63) is 53.9 Å². The number of aromatic nitrogens is 3. The first-order valence-electron chi connectivity index (χ1n) is 12.7. The van der Waals surface area contributed by atoms with E-state index in [9.17, 15) is 9.90 Å². The van der Waals surface area contributed by atoms with E-state index in [1.807, 2.05) is 18.2 Å². The van der Waals surface area contributed by atoms with Crippen molar-refractivity contribution in [1.82, 2.24) is 19.9 Å². The molecule has 5 heterocycles. The second kappa shape index (κ2) is 10.2. The van der Waals surface area contributed by atoms with Crippen LogP contribution in [-0.2, 0) is 4.74 Å². The number of amides is 1. The van der Waals surface area contributed by atoms with E-state index in [1.165, 1.54) is 11.3 Å². The number of ether oxygens (including phenoxy) is 2. The lowest BCUT2D eigenvalue weighted by Gasteiger charge is -2.49. The molecule has 3 aromatic heterocycles. The van der Waals surface area contributed by atoms with Crippen molar-refractivity contribution in [1.29, 1.82) is 0 Å². The van der Waals surface area contributed by atoms with Crippen LogP contribution < -0.4 is 20.3 Å². The van der Waals surface area contributed by atoms with Gasteiger partial charge in [-0.05, 0) is 42.5 Å². The third-order valence-corrected chi connectivity index (χ3v) is 8.30. The van der Waals surface area contributed by atoms with Gasteiger partial charge in [0, 0.05) is 61.8 Å². The summed E-state index contributed by atoms with van der Waals surface area (Å²) >= 11 is 1.28. The third kappa shape index (κ3) is 4.68. The number of carbonyl (C=O) groups is 1. The fourth-order valence-corrected chi connectivity index (χ4v) is 5.91. The lowest BCUT2D eigenvalue weighted by molar-refractivity contribution is 0.102. The van der Waals surface area contributed by atoms with Gasteiger partial charge in [-0.2, -0.15) is 0 Å². The molecule has 2 aliphatic heterocycles. The summed E-state index contributed by atoms with van der Waals surface area (Å²) in [5.74, 6) is 0.364. The quantitative estimate of drug-likeness (QED) is 0.294. The lowest BCUT2D eigenvalue weighted by atomic mass is 9.73. The molecule has 2 saturated heterocycles. The predicted octanol–water partition coefficient (Wildman–Crippen LogP) is 3.65. The molecule has 11 heteroatoms. The zero-order valence-electron chi connectivity index (χ0n) is 21.1. The van der Waals surface area contributed by atoms with Gasteiger partial charge < -0.3 is 30.1 Å². The molecular formula is C27H30N6O4S. The first kappa shape index (κ1) is 24.7. The Balaban J connectivity index is 1.17. The van der Waals surface area contributed by atoms with Gasteiger partial charge in [0.25, 0.3) is 5.91 Å². The first-order chi connectivity index (χ1) is 18.5. The van der Waals surface area contributed by atoms with Crippen molar-refractivity contribution in [2.75, 3.05) is 56.7 Å². The van der Waals surface area contributed by atoms with Gasteiger partial charge >= 0.3 is 0 Å². The third-order valence-electron chi connectivity index (χ3n) is 7.46. The fraction of sp³-hybridized carbons (Fsp3) is 0.370. The van der Waals surface area contributed by atoms with Crippen LogP contribution in [0.4, 0.5) is 11.4 Å². The van der Waals surface area contributed by atoms with Crippen LogP contribution in [0.1, 0.15) is 23.3 Å². The van der Waals surface area contributed by atoms with E-state index >= 15 is 0 Å². The Bertz CT molecular complexity index is 1450. The maximum atomic E-state index is 13.2. The minimum absolute atomic E-state index is 0.0394.